The third kappa shape index (κ3) is 3.09. The molecule has 2 aliphatic rings. The lowest BCUT2D eigenvalue weighted by atomic mass is 10.1. The Kier molecular flexibility index (Phi) is 5.36. The molecule has 0 aliphatic carbocycles. The molecule has 0 radical (unpaired) electrons. The average Bonchev–Trinajstić information content (AvgIpc) is 3.20. The first kappa shape index (κ1) is 20.2. The lowest BCUT2D eigenvalue weighted by molar-refractivity contribution is -0.115. The molecular weight excluding hydrogens is 420 g/mol. The molecule has 6 nitrogen and oxygen atoms in total. The molecule has 2 amide bonds. The molecule has 0 saturated carbocycles. The van der Waals surface area contributed by atoms with Gasteiger partial charge >= 0.3 is 0 Å². The highest BCUT2D eigenvalue weighted by Gasteiger charge is 2.43. The molecular formula is C22H18N2O4S2. The minimum absolute atomic E-state index is 0.241. The number of carbonyl (C=O) groups excluding carboxylic acids is 2. The van der Waals surface area contributed by atoms with E-state index < -0.39 is 0 Å². The van der Waals surface area contributed by atoms with Crippen molar-refractivity contribution < 1.29 is 19.1 Å². The summed E-state index contributed by atoms with van der Waals surface area (Å²) in [7, 11) is 3.06. The van der Waals surface area contributed by atoms with Crippen LogP contribution >= 0.6 is 24.0 Å². The van der Waals surface area contributed by atoms with Crippen molar-refractivity contribution in [2.75, 3.05) is 30.6 Å². The second-order valence-corrected chi connectivity index (χ2v) is 8.12. The Morgan fingerprint density at radius 1 is 1.07 bits per heavy atom. The van der Waals surface area contributed by atoms with Crippen molar-refractivity contribution in [1.29, 1.82) is 0 Å². The number of carbonyl (C=O) groups is 2. The first-order valence-electron chi connectivity index (χ1n) is 9.06. The average molecular weight is 439 g/mol. The van der Waals surface area contributed by atoms with Crippen molar-refractivity contribution >= 4 is 57.1 Å². The molecule has 0 aromatic heterocycles. The Bertz CT molecular complexity index is 1130. The summed E-state index contributed by atoms with van der Waals surface area (Å²) >= 11 is 6.63. The molecule has 2 aromatic carbocycles. The maximum Gasteiger partial charge on any atom is 0.271 e. The number of hydrogen-bond donors (Lipinski definition) is 0. The standard InChI is InChI=1S/C22H18N2O4S2/c1-4-11-23-15-8-6-5-7-14(15)18(20(23)25)19-21(26)24(22(29)30-19)16-12-13(27-2)9-10-17(16)28-3/h4-10,12H,1,11H2,2-3H3. The Morgan fingerprint density at radius 2 is 1.83 bits per heavy atom. The summed E-state index contributed by atoms with van der Waals surface area (Å²) in [6.07, 6.45) is 1.66. The smallest absolute Gasteiger partial charge is 0.271 e. The van der Waals surface area contributed by atoms with Gasteiger partial charge in [-0.15, -0.1) is 6.58 Å². The highest BCUT2D eigenvalue weighted by molar-refractivity contribution is 8.27. The van der Waals surface area contributed by atoms with Gasteiger partial charge in [0.25, 0.3) is 11.8 Å². The maximum atomic E-state index is 13.5. The van der Waals surface area contributed by atoms with Crippen molar-refractivity contribution in [1.82, 2.24) is 0 Å². The lowest BCUT2D eigenvalue weighted by Gasteiger charge is -2.18. The minimum Gasteiger partial charge on any atom is -0.497 e. The van der Waals surface area contributed by atoms with Gasteiger partial charge < -0.3 is 14.4 Å². The number of para-hydroxylation sites is 1. The Labute approximate surface area is 183 Å². The van der Waals surface area contributed by atoms with Gasteiger partial charge in [0.05, 0.1) is 36.1 Å². The van der Waals surface area contributed by atoms with E-state index in [1.165, 1.54) is 12.0 Å². The summed E-state index contributed by atoms with van der Waals surface area (Å²) in [5.74, 6) is 0.432. The molecule has 1 saturated heterocycles. The SMILES string of the molecule is C=CCN1C(=O)C(=C2SC(=S)N(c3cc(OC)ccc3OC)C2=O)c2ccccc21. The fourth-order valence-electron chi connectivity index (χ4n) is 3.51. The number of benzene rings is 2. The largest absolute Gasteiger partial charge is 0.497 e. The minimum atomic E-state index is -0.366. The van der Waals surface area contributed by atoms with Gasteiger partial charge in [0.1, 0.15) is 11.5 Å². The van der Waals surface area contributed by atoms with Crippen molar-refractivity contribution in [3.8, 4) is 11.5 Å². The summed E-state index contributed by atoms with van der Waals surface area (Å²) < 4.78 is 11.0. The van der Waals surface area contributed by atoms with Crippen LogP contribution in [0.2, 0.25) is 0 Å². The van der Waals surface area contributed by atoms with Crippen LogP contribution in [0.5, 0.6) is 11.5 Å². The molecule has 0 spiro atoms. The zero-order valence-electron chi connectivity index (χ0n) is 16.4. The summed E-state index contributed by atoms with van der Waals surface area (Å²) in [5, 5.41) is 0. The molecule has 4 rings (SSSR count). The van der Waals surface area contributed by atoms with E-state index in [0.29, 0.717) is 44.1 Å². The number of fused-ring (bicyclic) bond motifs is 1. The van der Waals surface area contributed by atoms with E-state index in [1.54, 1.807) is 36.3 Å². The fourth-order valence-corrected chi connectivity index (χ4v) is 4.86. The molecule has 0 atom stereocenters. The van der Waals surface area contributed by atoms with E-state index in [2.05, 4.69) is 6.58 Å². The molecule has 2 heterocycles. The zero-order valence-corrected chi connectivity index (χ0v) is 18.0. The summed E-state index contributed by atoms with van der Waals surface area (Å²) in [6, 6.07) is 12.5. The summed E-state index contributed by atoms with van der Waals surface area (Å²) in [6.45, 7) is 4.08. The molecule has 0 N–H and O–H groups in total. The number of thioether (sulfide) groups is 1. The van der Waals surface area contributed by atoms with Crippen LogP contribution in [0.4, 0.5) is 11.4 Å². The number of ether oxygens (including phenoxy) is 2. The first-order chi connectivity index (χ1) is 14.5. The van der Waals surface area contributed by atoms with Gasteiger partial charge in [-0.3, -0.25) is 14.5 Å². The summed E-state index contributed by atoms with van der Waals surface area (Å²) in [4.78, 5) is 30.0. The van der Waals surface area contributed by atoms with Gasteiger partial charge in [-0.25, -0.2) is 0 Å². The second-order valence-electron chi connectivity index (χ2n) is 6.47. The normalized spacial score (nSPS) is 18.1. The Hall–Kier alpha value is -3.10. The summed E-state index contributed by atoms with van der Waals surface area (Å²) in [5.41, 5.74) is 2.29. The molecule has 8 heteroatoms. The van der Waals surface area contributed by atoms with Crippen LogP contribution in [-0.2, 0) is 9.59 Å². The van der Waals surface area contributed by atoms with E-state index >= 15 is 0 Å². The number of anilines is 2. The van der Waals surface area contributed by atoms with E-state index in [4.69, 9.17) is 21.7 Å². The van der Waals surface area contributed by atoms with Crippen LogP contribution in [0, 0.1) is 0 Å². The fraction of sp³-hybridized carbons (Fsp3) is 0.136. The highest BCUT2D eigenvalue weighted by Crippen LogP contribution is 2.47. The molecule has 2 aliphatic heterocycles. The number of thiocarbonyl (C=S) groups is 1. The Morgan fingerprint density at radius 3 is 2.53 bits per heavy atom. The number of nitrogens with zero attached hydrogens (tertiary/aromatic N) is 2. The van der Waals surface area contributed by atoms with Crippen LogP contribution in [0.3, 0.4) is 0 Å². The predicted octanol–water partition coefficient (Wildman–Crippen LogP) is 4.01. The van der Waals surface area contributed by atoms with Crippen LogP contribution in [-0.4, -0.2) is 36.9 Å². The van der Waals surface area contributed by atoms with Crippen LogP contribution in [0.25, 0.3) is 5.57 Å². The van der Waals surface area contributed by atoms with Gasteiger partial charge in [0, 0.05) is 18.2 Å². The van der Waals surface area contributed by atoms with Crippen molar-refractivity contribution in [3.63, 3.8) is 0 Å². The monoisotopic (exact) mass is 438 g/mol. The number of amides is 2. The van der Waals surface area contributed by atoms with Gasteiger partial charge in [-0.1, -0.05) is 48.3 Å². The van der Waals surface area contributed by atoms with Crippen LogP contribution in [0.15, 0.2) is 60.0 Å². The van der Waals surface area contributed by atoms with E-state index in [-0.39, 0.29) is 11.8 Å². The van der Waals surface area contributed by atoms with Crippen LogP contribution in [0.1, 0.15) is 5.56 Å². The zero-order chi connectivity index (χ0) is 21.4. The first-order valence-corrected chi connectivity index (χ1v) is 10.3. The van der Waals surface area contributed by atoms with Gasteiger partial charge in [0.2, 0.25) is 0 Å². The number of rotatable bonds is 5. The van der Waals surface area contributed by atoms with E-state index in [0.717, 1.165) is 17.4 Å². The molecule has 0 bridgehead atoms. The molecule has 152 valence electrons. The number of methoxy groups -OCH3 is 2. The molecule has 1 fully saturated rings. The van der Waals surface area contributed by atoms with E-state index in [9.17, 15) is 9.59 Å². The van der Waals surface area contributed by atoms with E-state index in [1.807, 2.05) is 24.3 Å². The van der Waals surface area contributed by atoms with Crippen molar-refractivity contribution in [2.45, 2.75) is 0 Å². The number of hydrogen-bond acceptors (Lipinski definition) is 6. The molecule has 2 aromatic rings. The molecule has 30 heavy (non-hydrogen) atoms. The van der Waals surface area contributed by atoms with Gasteiger partial charge in [0.15, 0.2) is 4.32 Å². The Balaban J connectivity index is 1.85. The van der Waals surface area contributed by atoms with Crippen LogP contribution < -0.4 is 19.3 Å². The third-order valence-corrected chi connectivity index (χ3v) is 6.23. The van der Waals surface area contributed by atoms with Gasteiger partial charge in [-0.05, 0) is 18.2 Å². The maximum absolute atomic E-state index is 13.5. The highest BCUT2D eigenvalue weighted by atomic mass is 32.2. The second kappa shape index (κ2) is 7.97. The van der Waals surface area contributed by atoms with Gasteiger partial charge in [-0.2, -0.15) is 0 Å². The predicted molar refractivity (Wildman–Crippen MR) is 123 cm³/mol. The molecule has 0 unspecified atom stereocenters. The third-order valence-electron chi connectivity index (χ3n) is 4.86. The van der Waals surface area contributed by atoms with Crippen molar-refractivity contribution in [2.24, 2.45) is 0 Å². The van der Waals surface area contributed by atoms with Crippen molar-refractivity contribution in [3.05, 3.63) is 65.6 Å². The lowest BCUT2D eigenvalue weighted by Crippen LogP contribution is -2.29. The quantitative estimate of drug-likeness (QED) is 0.399. The topological polar surface area (TPSA) is 59.1 Å².